The van der Waals surface area contributed by atoms with E-state index in [9.17, 15) is 9.59 Å². The van der Waals surface area contributed by atoms with Crippen LogP contribution in [0.3, 0.4) is 0 Å². The molecule has 1 atom stereocenters. The largest absolute Gasteiger partial charge is 0.298 e. The SMILES string of the molecule is Cc1cccc(-n2c(S[C@@H]3CCCCCC3=O)nc3ccccc3c2=O)c1. The highest BCUT2D eigenvalue weighted by atomic mass is 32.2. The number of fused-ring (bicyclic) bond motifs is 1. The summed E-state index contributed by atoms with van der Waals surface area (Å²) in [6, 6.07) is 15.3. The summed E-state index contributed by atoms with van der Waals surface area (Å²) in [4.78, 5) is 30.6. The summed E-state index contributed by atoms with van der Waals surface area (Å²) < 4.78 is 1.66. The van der Waals surface area contributed by atoms with Crippen molar-refractivity contribution in [3.63, 3.8) is 0 Å². The molecule has 1 aliphatic carbocycles. The molecular weight excluding hydrogens is 356 g/mol. The number of nitrogens with zero attached hydrogens (tertiary/aromatic N) is 2. The van der Waals surface area contributed by atoms with Gasteiger partial charge in [0, 0.05) is 6.42 Å². The van der Waals surface area contributed by atoms with Crippen LogP contribution in [0.2, 0.25) is 0 Å². The molecule has 1 aliphatic rings. The number of benzene rings is 2. The molecule has 1 saturated carbocycles. The van der Waals surface area contributed by atoms with Crippen LogP contribution < -0.4 is 5.56 Å². The first kappa shape index (κ1) is 18.0. The van der Waals surface area contributed by atoms with E-state index in [0.717, 1.165) is 36.9 Å². The number of hydrogen-bond acceptors (Lipinski definition) is 4. The summed E-state index contributed by atoms with van der Waals surface area (Å²) >= 11 is 1.44. The predicted molar refractivity (Wildman–Crippen MR) is 110 cm³/mol. The number of carbonyl (C=O) groups is 1. The summed E-state index contributed by atoms with van der Waals surface area (Å²) in [6.07, 6.45) is 4.58. The van der Waals surface area contributed by atoms with E-state index in [2.05, 4.69) is 0 Å². The Balaban J connectivity index is 1.88. The van der Waals surface area contributed by atoms with Crippen molar-refractivity contribution in [3.05, 3.63) is 64.4 Å². The Labute approximate surface area is 162 Å². The maximum atomic E-state index is 13.3. The van der Waals surface area contributed by atoms with Gasteiger partial charge in [0.25, 0.3) is 5.56 Å². The highest BCUT2D eigenvalue weighted by Crippen LogP contribution is 2.31. The quantitative estimate of drug-likeness (QED) is 0.490. The average Bonchev–Trinajstić information content (AvgIpc) is 2.86. The smallest absolute Gasteiger partial charge is 0.266 e. The molecular formula is C22H22N2O2S. The van der Waals surface area contributed by atoms with E-state index in [1.54, 1.807) is 4.57 Å². The first-order valence-electron chi connectivity index (χ1n) is 9.42. The summed E-state index contributed by atoms with van der Waals surface area (Å²) in [5, 5.41) is 1.07. The van der Waals surface area contributed by atoms with Crippen molar-refractivity contribution in [3.8, 4) is 5.69 Å². The Morgan fingerprint density at radius 1 is 1.04 bits per heavy atom. The second-order valence-electron chi connectivity index (χ2n) is 7.06. The van der Waals surface area contributed by atoms with Gasteiger partial charge in [0.1, 0.15) is 5.78 Å². The molecule has 0 N–H and O–H groups in total. The molecule has 3 aromatic rings. The van der Waals surface area contributed by atoms with Crippen LogP contribution in [-0.2, 0) is 4.79 Å². The minimum atomic E-state index is -0.128. The zero-order chi connectivity index (χ0) is 18.8. The maximum absolute atomic E-state index is 13.3. The molecule has 0 bridgehead atoms. The van der Waals surface area contributed by atoms with Gasteiger partial charge in [0.05, 0.1) is 21.8 Å². The van der Waals surface area contributed by atoms with Crippen LogP contribution in [0.25, 0.3) is 16.6 Å². The van der Waals surface area contributed by atoms with E-state index < -0.39 is 0 Å². The van der Waals surface area contributed by atoms with Crippen molar-refractivity contribution in [2.24, 2.45) is 0 Å². The Morgan fingerprint density at radius 2 is 1.89 bits per heavy atom. The zero-order valence-electron chi connectivity index (χ0n) is 15.4. The van der Waals surface area contributed by atoms with Crippen LogP contribution in [0.1, 0.15) is 37.7 Å². The molecule has 138 valence electrons. The average molecular weight is 378 g/mol. The second-order valence-corrected chi connectivity index (χ2v) is 8.23. The number of rotatable bonds is 3. The van der Waals surface area contributed by atoms with Crippen molar-refractivity contribution in [2.75, 3.05) is 0 Å². The van der Waals surface area contributed by atoms with Crippen molar-refractivity contribution >= 4 is 28.4 Å². The maximum Gasteiger partial charge on any atom is 0.266 e. The normalized spacial score (nSPS) is 17.8. The lowest BCUT2D eigenvalue weighted by Crippen LogP contribution is -2.24. The summed E-state index contributed by atoms with van der Waals surface area (Å²) in [5.41, 5.74) is 2.46. The van der Waals surface area contributed by atoms with Crippen LogP contribution in [0.4, 0.5) is 0 Å². The molecule has 0 spiro atoms. The second kappa shape index (κ2) is 7.69. The van der Waals surface area contributed by atoms with E-state index in [-0.39, 0.29) is 16.6 Å². The fourth-order valence-electron chi connectivity index (χ4n) is 3.57. The highest BCUT2D eigenvalue weighted by Gasteiger charge is 2.25. The topological polar surface area (TPSA) is 52.0 Å². The molecule has 4 nitrogen and oxygen atoms in total. The van der Waals surface area contributed by atoms with Gasteiger partial charge in [-0.2, -0.15) is 0 Å². The van der Waals surface area contributed by atoms with Crippen molar-refractivity contribution in [2.45, 2.75) is 49.4 Å². The standard InChI is InChI=1S/C22H22N2O2S/c1-15-8-7-9-16(14-15)24-21(26)17-10-5-6-11-18(17)23-22(24)27-20-13-4-2-3-12-19(20)25/h5-11,14,20H,2-4,12-13H2,1H3/t20-/m1/s1. The van der Waals surface area contributed by atoms with E-state index in [4.69, 9.17) is 4.98 Å². The lowest BCUT2D eigenvalue weighted by Gasteiger charge is -2.17. The minimum absolute atomic E-state index is 0.0882. The molecule has 0 amide bonds. The van der Waals surface area contributed by atoms with Gasteiger partial charge in [-0.05, 0) is 49.6 Å². The van der Waals surface area contributed by atoms with Crippen LogP contribution in [0, 0.1) is 6.92 Å². The molecule has 4 rings (SSSR count). The van der Waals surface area contributed by atoms with Crippen LogP contribution in [0.15, 0.2) is 58.5 Å². The third-order valence-corrected chi connectivity index (χ3v) is 6.27. The monoisotopic (exact) mass is 378 g/mol. The molecule has 0 saturated heterocycles. The molecule has 0 unspecified atom stereocenters. The fourth-order valence-corrected chi connectivity index (χ4v) is 4.80. The van der Waals surface area contributed by atoms with Crippen LogP contribution in [-0.4, -0.2) is 20.6 Å². The van der Waals surface area contributed by atoms with Crippen LogP contribution in [0.5, 0.6) is 0 Å². The Kier molecular flexibility index (Phi) is 5.12. The van der Waals surface area contributed by atoms with E-state index >= 15 is 0 Å². The first-order valence-corrected chi connectivity index (χ1v) is 10.3. The molecule has 1 fully saturated rings. The Morgan fingerprint density at radius 3 is 2.74 bits per heavy atom. The Hall–Kier alpha value is -2.40. The summed E-state index contributed by atoms with van der Waals surface area (Å²) in [7, 11) is 0. The molecule has 1 aromatic heterocycles. The minimum Gasteiger partial charge on any atom is -0.298 e. The van der Waals surface area contributed by atoms with Crippen molar-refractivity contribution in [1.29, 1.82) is 0 Å². The van der Waals surface area contributed by atoms with Gasteiger partial charge < -0.3 is 0 Å². The van der Waals surface area contributed by atoms with Gasteiger partial charge in [-0.25, -0.2) is 4.98 Å². The van der Waals surface area contributed by atoms with E-state index in [1.165, 1.54) is 11.8 Å². The summed E-state index contributed by atoms with van der Waals surface area (Å²) in [5.74, 6) is 0.274. The molecule has 1 heterocycles. The zero-order valence-corrected chi connectivity index (χ0v) is 16.2. The summed E-state index contributed by atoms with van der Waals surface area (Å²) in [6.45, 7) is 2.00. The first-order chi connectivity index (χ1) is 13.1. The van der Waals surface area contributed by atoms with Gasteiger partial charge in [-0.15, -0.1) is 0 Å². The van der Waals surface area contributed by atoms with E-state index in [1.807, 2.05) is 55.5 Å². The number of para-hydroxylation sites is 1. The number of thioether (sulfide) groups is 1. The van der Waals surface area contributed by atoms with Gasteiger partial charge in [-0.3, -0.25) is 14.2 Å². The lowest BCUT2D eigenvalue weighted by molar-refractivity contribution is -0.118. The van der Waals surface area contributed by atoms with Crippen molar-refractivity contribution < 1.29 is 4.79 Å². The third-order valence-electron chi connectivity index (χ3n) is 5.00. The number of carbonyl (C=O) groups excluding carboxylic acids is 1. The Bertz CT molecular complexity index is 1060. The number of aryl methyl sites for hydroxylation is 1. The molecule has 5 heteroatoms. The number of ketones is 1. The van der Waals surface area contributed by atoms with Gasteiger partial charge in [0.15, 0.2) is 5.16 Å². The lowest BCUT2D eigenvalue weighted by atomic mass is 10.2. The highest BCUT2D eigenvalue weighted by molar-refractivity contribution is 8.00. The number of aromatic nitrogens is 2. The van der Waals surface area contributed by atoms with Gasteiger partial charge in [-0.1, -0.05) is 48.9 Å². The number of Topliss-reactive ketones (excluding diaryl/α,β-unsaturated/α-hetero) is 1. The number of hydrogen-bond donors (Lipinski definition) is 0. The molecule has 2 aromatic carbocycles. The molecule has 27 heavy (non-hydrogen) atoms. The van der Waals surface area contributed by atoms with Gasteiger partial charge in [0.2, 0.25) is 0 Å². The van der Waals surface area contributed by atoms with Gasteiger partial charge >= 0.3 is 0 Å². The third kappa shape index (κ3) is 3.69. The van der Waals surface area contributed by atoms with Crippen LogP contribution >= 0.6 is 11.8 Å². The van der Waals surface area contributed by atoms with E-state index in [0.29, 0.717) is 22.5 Å². The molecule has 0 aliphatic heterocycles. The molecule has 0 radical (unpaired) electrons. The fraction of sp³-hybridized carbons (Fsp3) is 0.318. The predicted octanol–water partition coefficient (Wildman–Crippen LogP) is 4.69. The van der Waals surface area contributed by atoms with Crippen molar-refractivity contribution in [1.82, 2.24) is 9.55 Å².